The van der Waals surface area contributed by atoms with Crippen LogP contribution in [0.2, 0.25) is 5.02 Å². The Balaban J connectivity index is 2.03. The highest BCUT2D eigenvalue weighted by Gasteiger charge is 2.02. The number of nitriles is 1. The van der Waals surface area contributed by atoms with Crippen LogP contribution in [0.5, 0.6) is 5.75 Å². The zero-order valence-corrected chi connectivity index (χ0v) is 12.9. The van der Waals surface area contributed by atoms with E-state index in [4.69, 9.17) is 21.6 Å². The molecule has 0 amide bonds. The molecule has 0 saturated heterocycles. The molecule has 0 bridgehead atoms. The fourth-order valence-corrected chi connectivity index (χ4v) is 2.25. The van der Waals surface area contributed by atoms with Gasteiger partial charge in [-0.25, -0.2) is 0 Å². The monoisotopic (exact) mass is 350 g/mol. The lowest BCUT2D eigenvalue weighted by molar-refractivity contribution is 0.368. The molecule has 0 heterocycles. The van der Waals surface area contributed by atoms with E-state index in [0.717, 1.165) is 15.7 Å². The molecule has 0 spiro atoms. The van der Waals surface area contributed by atoms with Gasteiger partial charge in [-0.15, -0.1) is 0 Å². The third-order valence-electron chi connectivity index (χ3n) is 2.61. The second-order valence-electron chi connectivity index (χ2n) is 4.07. The number of hydrogen-bond acceptors (Lipinski definition) is 3. The summed E-state index contributed by atoms with van der Waals surface area (Å²) in [5.74, 6) is 0.691. The third-order valence-corrected chi connectivity index (χ3v) is 3.54. The van der Waals surface area contributed by atoms with Gasteiger partial charge in [-0.1, -0.05) is 23.7 Å². The smallest absolute Gasteiger partial charge is 0.174 e. The number of anilines is 1. The Morgan fingerprint density at radius 1 is 1.25 bits per heavy atom. The molecule has 0 aliphatic carbocycles. The highest BCUT2D eigenvalue weighted by molar-refractivity contribution is 9.10. The Morgan fingerprint density at radius 2 is 2.10 bits per heavy atom. The van der Waals surface area contributed by atoms with Crippen molar-refractivity contribution in [1.82, 2.24) is 0 Å². The van der Waals surface area contributed by atoms with Gasteiger partial charge in [-0.3, -0.25) is 0 Å². The van der Waals surface area contributed by atoms with E-state index in [9.17, 15) is 0 Å². The van der Waals surface area contributed by atoms with Crippen LogP contribution >= 0.6 is 27.5 Å². The Labute approximate surface area is 131 Å². The Morgan fingerprint density at radius 3 is 2.90 bits per heavy atom. The molecule has 0 fully saturated rings. The molecule has 0 aliphatic rings. The molecular weight excluding hydrogens is 340 g/mol. The number of benzene rings is 2. The van der Waals surface area contributed by atoms with Gasteiger partial charge in [0.1, 0.15) is 11.8 Å². The lowest BCUT2D eigenvalue weighted by Gasteiger charge is -2.10. The summed E-state index contributed by atoms with van der Waals surface area (Å²) in [6.45, 7) is 0.694. The Kier molecular flexibility index (Phi) is 5.28. The van der Waals surface area contributed by atoms with Crippen LogP contribution < -0.4 is 10.1 Å². The van der Waals surface area contributed by atoms with Crippen molar-refractivity contribution in [1.29, 1.82) is 5.26 Å². The van der Waals surface area contributed by atoms with Crippen molar-refractivity contribution in [3.63, 3.8) is 0 Å². The highest BCUT2D eigenvalue weighted by Crippen LogP contribution is 2.26. The summed E-state index contributed by atoms with van der Waals surface area (Å²) in [6.07, 6.45) is 0. The van der Waals surface area contributed by atoms with Gasteiger partial charge in [-0.05, 0) is 51.8 Å². The first-order valence-corrected chi connectivity index (χ1v) is 7.14. The maximum absolute atomic E-state index is 8.50. The van der Waals surface area contributed by atoms with Crippen molar-refractivity contribution in [3.05, 3.63) is 57.5 Å². The van der Waals surface area contributed by atoms with Gasteiger partial charge in [0.25, 0.3) is 0 Å². The van der Waals surface area contributed by atoms with Crippen LogP contribution in [0.15, 0.2) is 46.9 Å². The maximum atomic E-state index is 8.50. The number of hydrogen-bond donors (Lipinski definition) is 1. The topological polar surface area (TPSA) is 45.0 Å². The number of halogens is 2. The standard InChI is InChI=1S/C15H12BrClN2O/c16-14-5-4-12(17)9-15(14)19-10-11-2-1-3-13(8-11)20-7-6-18/h1-5,8-9,19H,7,10H2. The van der Waals surface area contributed by atoms with Crippen LogP contribution in [0.25, 0.3) is 0 Å². The van der Waals surface area contributed by atoms with E-state index < -0.39 is 0 Å². The quantitative estimate of drug-likeness (QED) is 0.855. The molecule has 2 aromatic rings. The van der Waals surface area contributed by atoms with Gasteiger partial charge in [0.2, 0.25) is 0 Å². The number of ether oxygens (including phenoxy) is 1. The van der Waals surface area contributed by atoms with Gasteiger partial charge in [0, 0.05) is 16.0 Å². The molecular formula is C15H12BrClN2O. The molecule has 0 radical (unpaired) electrons. The summed E-state index contributed by atoms with van der Waals surface area (Å²) in [6, 6.07) is 15.2. The molecule has 0 aromatic heterocycles. The molecule has 2 rings (SSSR count). The molecule has 0 saturated carbocycles. The van der Waals surface area contributed by atoms with E-state index in [2.05, 4.69) is 21.2 Å². The summed E-state index contributed by atoms with van der Waals surface area (Å²) < 4.78 is 6.23. The van der Waals surface area contributed by atoms with Crippen LogP contribution in [0.3, 0.4) is 0 Å². The molecule has 0 aliphatic heterocycles. The van der Waals surface area contributed by atoms with E-state index in [1.54, 1.807) is 0 Å². The SMILES string of the molecule is N#CCOc1cccc(CNc2cc(Cl)ccc2Br)c1. The van der Waals surface area contributed by atoms with Crippen LogP contribution in [-0.4, -0.2) is 6.61 Å². The van der Waals surface area contributed by atoms with Crippen molar-refractivity contribution in [2.45, 2.75) is 6.54 Å². The van der Waals surface area contributed by atoms with E-state index in [-0.39, 0.29) is 6.61 Å². The summed E-state index contributed by atoms with van der Waals surface area (Å²) in [4.78, 5) is 0. The lowest BCUT2D eigenvalue weighted by Crippen LogP contribution is -2.01. The number of nitrogens with zero attached hydrogens (tertiary/aromatic N) is 1. The average Bonchev–Trinajstić information content (AvgIpc) is 2.46. The normalized spacial score (nSPS) is 9.85. The molecule has 0 unspecified atom stereocenters. The van der Waals surface area contributed by atoms with Crippen LogP contribution in [0.1, 0.15) is 5.56 Å². The van der Waals surface area contributed by atoms with Gasteiger partial charge < -0.3 is 10.1 Å². The Bertz CT molecular complexity index is 640. The second-order valence-corrected chi connectivity index (χ2v) is 5.36. The van der Waals surface area contributed by atoms with Gasteiger partial charge in [-0.2, -0.15) is 5.26 Å². The lowest BCUT2D eigenvalue weighted by atomic mass is 10.2. The summed E-state index contributed by atoms with van der Waals surface area (Å²) in [7, 11) is 0. The largest absolute Gasteiger partial charge is 0.479 e. The predicted octanol–water partition coefficient (Wildman–Crippen LogP) is 4.62. The van der Waals surface area contributed by atoms with Crippen molar-refractivity contribution in [2.24, 2.45) is 0 Å². The van der Waals surface area contributed by atoms with Crippen molar-refractivity contribution < 1.29 is 4.74 Å². The number of rotatable bonds is 5. The van der Waals surface area contributed by atoms with E-state index in [0.29, 0.717) is 17.3 Å². The van der Waals surface area contributed by atoms with Crippen LogP contribution in [0, 0.1) is 11.3 Å². The molecule has 1 N–H and O–H groups in total. The first kappa shape index (κ1) is 14.7. The van der Waals surface area contributed by atoms with Crippen molar-refractivity contribution in [3.8, 4) is 11.8 Å². The minimum atomic E-state index is 0.0523. The number of nitrogens with one attached hydrogen (secondary N) is 1. The summed E-state index contributed by atoms with van der Waals surface area (Å²) in [5.41, 5.74) is 1.99. The van der Waals surface area contributed by atoms with Crippen molar-refractivity contribution >= 4 is 33.2 Å². The van der Waals surface area contributed by atoms with Crippen LogP contribution in [0.4, 0.5) is 5.69 Å². The predicted molar refractivity (Wildman–Crippen MR) is 84.0 cm³/mol. The molecule has 2 aromatic carbocycles. The summed E-state index contributed by atoms with van der Waals surface area (Å²) >= 11 is 9.44. The van der Waals surface area contributed by atoms with Gasteiger partial charge in [0.15, 0.2) is 6.61 Å². The average molecular weight is 352 g/mol. The minimum absolute atomic E-state index is 0.0523. The maximum Gasteiger partial charge on any atom is 0.174 e. The molecule has 0 atom stereocenters. The third kappa shape index (κ3) is 4.16. The van der Waals surface area contributed by atoms with Crippen molar-refractivity contribution in [2.75, 3.05) is 11.9 Å². The fourth-order valence-electron chi connectivity index (χ4n) is 1.69. The molecule has 102 valence electrons. The highest BCUT2D eigenvalue weighted by atomic mass is 79.9. The van der Waals surface area contributed by atoms with Gasteiger partial charge >= 0.3 is 0 Å². The first-order chi connectivity index (χ1) is 9.69. The van der Waals surface area contributed by atoms with E-state index >= 15 is 0 Å². The minimum Gasteiger partial charge on any atom is -0.479 e. The van der Waals surface area contributed by atoms with E-state index in [1.165, 1.54) is 0 Å². The zero-order valence-electron chi connectivity index (χ0n) is 10.6. The first-order valence-electron chi connectivity index (χ1n) is 5.96. The Hall–Kier alpha value is -1.70. The zero-order chi connectivity index (χ0) is 14.4. The molecule has 3 nitrogen and oxygen atoms in total. The van der Waals surface area contributed by atoms with Crippen LogP contribution in [-0.2, 0) is 6.54 Å². The van der Waals surface area contributed by atoms with Gasteiger partial charge in [0.05, 0.1) is 5.69 Å². The summed E-state index contributed by atoms with van der Waals surface area (Å²) in [5, 5.41) is 12.5. The van der Waals surface area contributed by atoms with E-state index in [1.807, 2.05) is 48.5 Å². The molecule has 5 heteroatoms. The molecule has 20 heavy (non-hydrogen) atoms. The second kappa shape index (κ2) is 7.18. The fraction of sp³-hybridized carbons (Fsp3) is 0.133.